The molecule has 0 aliphatic rings. The third-order valence-corrected chi connectivity index (χ3v) is 3.07. The van der Waals surface area contributed by atoms with Crippen molar-refractivity contribution in [1.29, 1.82) is 0 Å². The van der Waals surface area contributed by atoms with E-state index in [2.05, 4.69) is 10.3 Å². The quantitative estimate of drug-likeness (QED) is 0.672. The van der Waals surface area contributed by atoms with Crippen LogP contribution in [-0.2, 0) is 4.74 Å². The molecular weight excluding hydrogens is 300 g/mol. The Hall–Kier alpha value is -2.96. The summed E-state index contributed by atoms with van der Waals surface area (Å²) >= 11 is 0. The first kappa shape index (κ1) is 16.4. The smallest absolute Gasteiger partial charge is 0.344 e. The molecule has 7 nitrogen and oxygen atoms in total. The number of aromatic nitrogens is 1. The molecule has 0 saturated carbocycles. The van der Waals surface area contributed by atoms with Crippen LogP contribution in [0.25, 0.3) is 0 Å². The van der Waals surface area contributed by atoms with Crippen LogP contribution in [0.3, 0.4) is 0 Å². The SMILES string of the molecule is CCOC(=O)c1c(NC(=O)c2cccnc2)oc(C)c1C(C)=O. The zero-order chi connectivity index (χ0) is 17.0. The summed E-state index contributed by atoms with van der Waals surface area (Å²) in [6.07, 6.45) is 2.91. The second-order valence-corrected chi connectivity index (χ2v) is 4.71. The summed E-state index contributed by atoms with van der Waals surface area (Å²) in [6.45, 7) is 4.63. The standard InChI is InChI=1S/C16H16N2O5/c1-4-22-16(21)13-12(9(2)19)10(3)23-15(13)18-14(20)11-6-5-7-17-8-11/h5-8H,4H2,1-3H3,(H,18,20). The lowest BCUT2D eigenvalue weighted by molar-refractivity contribution is 0.0524. The highest BCUT2D eigenvalue weighted by Gasteiger charge is 2.28. The Morgan fingerprint density at radius 1 is 1.30 bits per heavy atom. The number of carbonyl (C=O) groups is 3. The zero-order valence-electron chi connectivity index (χ0n) is 13.0. The average Bonchev–Trinajstić information content (AvgIpc) is 2.84. The number of carbonyl (C=O) groups excluding carboxylic acids is 3. The number of esters is 1. The van der Waals surface area contributed by atoms with E-state index in [0.29, 0.717) is 5.56 Å². The van der Waals surface area contributed by atoms with E-state index in [1.165, 1.54) is 19.3 Å². The van der Waals surface area contributed by atoms with Crippen molar-refractivity contribution < 1.29 is 23.5 Å². The van der Waals surface area contributed by atoms with Gasteiger partial charge in [0.1, 0.15) is 11.3 Å². The Kier molecular flexibility index (Phi) is 4.90. The number of aryl methyl sites for hydroxylation is 1. The number of nitrogens with one attached hydrogen (secondary N) is 1. The maximum Gasteiger partial charge on any atom is 0.344 e. The highest BCUT2D eigenvalue weighted by atomic mass is 16.5. The molecule has 1 amide bonds. The molecule has 0 aliphatic heterocycles. The fourth-order valence-corrected chi connectivity index (χ4v) is 2.13. The van der Waals surface area contributed by atoms with Crippen LogP contribution < -0.4 is 5.32 Å². The lowest BCUT2D eigenvalue weighted by Crippen LogP contribution is -2.16. The molecule has 0 aromatic carbocycles. The number of hydrogen-bond donors (Lipinski definition) is 1. The van der Waals surface area contributed by atoms with E-state index in [-0.39, 0.29) is 35.2 Å². The molecule has 7 heteroatoms. The molecule has 23 heavy (non-hydrogen) atoms. The van der Waals surface area contributed by atoms with Crippen LogP contribution in [0.4, 0.5) is 5.88 Å². The van der Waals surface area contributed by atoms with E-state index in [9.17, 15) is 14.4 Å². The summed E-state index contributed by atoms with van der Waals surface area (Å²) in [6, 6.07) is 3.17. The van der Waals surface area contributed by atoms with E-state index < -0.39 is 11.9 Å². The van der Waals surface area contributed by atoms with Crippen molar-refractivity contribution in [1.82, 2.24) is 4.98 Å². The molecular formula is C16H16N2O5. The van der Waals surface area contributed by atoms with Crippen LogP contribution in [-0.4, -0.2) is 29.3 Å². The van der Waals surface area contributed by atoms with Gasteiger partial charge in [-0.2, -0.15) is 0 Å². The lowest BCUT2D eigenvalue weighted by atomic mass is 10.1. The van der Waals surface area contributed by atoms with Crippen molar-refractivity contribution in [3.8, 4) is 0 Å². The summed E-state index contributed by atoms with van der Waals surface area (Å²) in [5, 5.41) is 2.48. The molecule has 120 valence electrons. The van der Waals surface area contributed by atoms with Gasteiger partial charge >= 0.3 is 5.97 Å². The second kappa shape index (κ2) is 6.87. The number of hydrogen-bond acceptors (Lipinski definition) is 6. The molecule has 0 fully saturated rings. The van der Waals surface area contributed by atoms with Gasteiger partial charge in [-0.25, -0.2) is 4.79 Å². The molecule has 0 aliphatic carbocycles. The van der Waals surface area contributed by atoms with Crippen molar-refractivity contribution in [3.05, 3.63) is 47.0 Å². The van der Waals surface area contributed by atoms with Gasteiger partial charge in [0, 0.05) is 12.4 Å². The third kappa shape index (κ3) is 3.45. The Labute approximate surface area is 132 Å². The number of nitrogens with zero attached hydrogens (tertiary/aromatic N) is 1. The molecule has 1 N–H and O–H groups in total. The van der Waals surface area contributed by atoms with E-state index in [1.54, 1.807) is 26.0 Å². The Morgan fingerprint density at radius 3 is 2.61 bits per heavy atom. The minimum Gasteiger partial charge on any atom is -0.462 e. The fourth-order valence-electron chi connectivity index (χ4n) is 2.13. The number of furan rings is 1. The van der Waals surface area contributed by atoms with Crippen molar-refractivity contribution in [2.45, 2.75) is 20.8 Å². The number of Topliss-reactive ketones (excluding diaryl/α,β-unsaturated/α-hetero) is 1. The first-order valence-corrected chi connectivity index (χ1v) is 6.98. The number of ether oxygens (including phenoxy) is 1. The predicted molar refractivity (Wildman–Crippen MR) is 81.6 cm³/mol. The third-order valence-electron chi connectivity index (χ3n) is 3.07. The van der Waals surface area contributed by atoms with Crippen LogP contribution in [0.1, 0.15) is 50.7 Å². The maximum absolute atomic E-state index is 12.2. The first-order chi connectivity index (χ1) is 11.0. The topological polar surface area (TPSA) is 98.5 Å². The normalized spacial score (nSPS) is 10.2. The van der Waals surface area contributed by atoms with Crippen molar-refractivity contribution in [3.63, 3.8) is 0 Å². The van der Waals surface area contributed by atoms with Gasteiger partial charge in [-0.15, -0.1) is 0 Å². The second-order valence-electron chi connectivity index (χ2n) is 4.71. The largest absolute Gasteiger partial charge is 0.462 e. The maximum atomic E-state index is 12.2. The van der Waals surface area contributed by atoms with Gasteiger partial charge < -0.3 is 9.15 Å². The van der Waals surface area contributed by atoms with Gasteiger partial charge in [0.15, 0.2) is 5.78 Å². The summed E-state index contributed by atoms with van der Waals surface area (Å²) in [5.41, 5.74) is 0.319. The minimum atomic E-state index is -0.726. The van der Waals surface area contributed by atoms with Gasteiger partial charge in [-0.3, -0.25) is 19.9 Å². The van der Waals surface area contributed by atoms with Gasteiger partial charge in [0.2, 0.25) is 5.88 Å². The summed E-state index contributed by atoms with van der Waals surface area (Å²) in [4.78, 5) is 39.9. The van der Waals surface area contributed by atoms with E-state index in [4.69, 9.17) is 9.15 Å². The summed E-state index contributed by atoms with van der Waals surface area (Å²) < 4.78 is 10.3. The minimum absolute atomic E-state index is 0.0749. The fraction of sp³-hybridized carbons (Fsp3) is 0.250. The Balaban J connectivity index is 2.42. The zero-order valence-corrected chi connectivity index (χ0v) is 13.0. The van der Waals surface area contributed by atoms with Gasteiger partial charge in [0.05, 0.1) is 17.7 Å². The van der Waals surface area contributed by atoms with Crippen molar-refractivity contribution >= 4 is 23.5 Å². The molecule has 0 radical (unpaired) electrons. The van der Waals surface area contributed by atoms with E-state index in [1.807, 2.05) is 0 Å². The van der Waals surface area contributed by atoms with Crippen LogP contribution in [0, 0.1) is 6.92 Å². The predicted octanol–water partition coefficient (Wildman–Crippen LogP) is 2.61. The number of anilines is 1. The van der Waals surface area contributed by atoms with Gasteiger partial charge in [0.25, 0.3) is 5.91 Å². The molecule has 0 atom stereocenters. The molecule has 2 rings (SSSR count). The van der Waals surface area contributed by atoms with Crippen LogP contribution in [0.5, 0.6) is 0 Å². The van der Waals surface area contributed by atoms with Crippen molar-refractivity contribution in [2.75, 3.05) is 11.9 Å². The lowest BCUT2D eigenvalue weighted by Gasteiger charge is -2.06. The molecule has 2 heterocycles. The van der Waals surface area contributed by atoms with Gasteiger partial charge in [-0.1, -0.05) is 0 Å². The first-order valence-electron chi connectivity index (χ1n) is 6.98. The summed E-state index contributed by atoms with van der Waals surface area (Å²) in [5.74, 6) is -1.46. The average molecular weight is 316 g/mol. The molecule has 0 saturated heterocycles. The number of ketones is 1. The van der Waals surface area contributed by atoms with E-state index in [0.717, 1.165) is 0 Å². The monoisotopic (exact) mass is 316 g/mol. The molecule has 0 unspecified atom stereocenters. The summed E-state index contributed by atoms with van der Waals surface area (Å²) in [7, 11) is 0. The highest BCUT2D eigenvalue weighted by molar-refractivity contribution is 6.12. The van der Waals surface area contributed by atoms with Crippen LogP contribution in [0.2, 0.25) is 0 Å². The van der Waals surface area contributed by atoms with E-state index >= 15 is 0 Å². The number of amides is 1. The van der Waals surface area contributed by atoms with Crippen LogP contribution in [0.15, 0.2) is 28.9 Å². The molecule has 0 spiro atoms. The van der Waals surface area contributed by atoms with Crippen LogP contribution >= 0.6 is 0 Å². The van der Waals surface area contributed by atoms with Crippen molar-refractivity contribution in [2.24, 2.45) is 0 Å². The molecule has 2 aromatic heterocycles. The Morgan fingerprint density at radius 2 is 2.04 bits per heavy atom. The Bertz CT molecular complexity index is 749. The number of rotatable bonds is 5. The number of pyridine rings is 1. The highest BCUT2D eigenvalue weighted by Crippen LogP contribution is 2.28. The molecule has 2 aromatic rings. The molecule has 0 bridgehead atoms. The van der Waals surface area contributed by atoms with Gasteiger partial charge in [-0.05, 0) is 32.9 Å².